The predicted molar refractivity (Wildman–Crippen MR) is 77.7 cm³/mol. The first kappa shape index (κ1) is 13.4. The van der Waals surface area contributed by atoms with Crippen molar-refractivity contribution in [2.75, 3.05) is 4.90 Å². The summed E-state index contributed by atoms with van der Waals surface area (Å²) in [5.74, 6) is 0.0847. The van der Waals surface area contributed by atoms with Gasteiger partial charge < -0.3 is 5.32 Å². The fourth-order valence-corrected chi connectivity index (χ4v) is 3.05. The topological polar surface area (TPSA) is 49.4 Å². The highest BCUT2D eigenvalue weighted by molar-refractivity contribution is 6.31. The van der Waals surface area contributed by atoms with Crippen molar-refractivity contribution in [2.24, 2.45) is 5.92 Å². The van der Waals surface area contributed by atoms with Crippen LogP contribution in [-0.2, 0) is 9.59 Å². The van der Waals surface area contributed by atoms with E-state index in [-0.39, 0.29) is 17.7 Å². The Kier molecular flexibility index (Phi) is 3.01. The third-order valence-electron chi connectivity index (χ3n) is 4.29. The Bertz CT molecular complexity index is 585. The van der Waals surface area contributed by atoms with Crippen molar-refractivity contribution >= 4 is 29.1 Å². The van der Waals surface area contributed by atoms with Gasteiger partial charge in [0, 0.05) is 10.7 Å². The average molecular weight is 293 g/mol. The van der Waals surface area contributed by atoms with Gasteiger partial charge in [0.25, 0.3) is 5.91 Å². The van der Waals surface area contributed by atoms with Crippen LogP contribution in [0.3, 0.4) is 0 Å². The number of hydrogen-bond donors (Lipinski definition) is 1. The molecule has 1 aliphatic carbocycles. The van der Waals surface area contributed by atoms with E-state index in [1.165, 1.54) is 0 Å². The summed E-state index contributed by atoms with van der Waals surface area (Å²) in [6.45, 7) is 3.56. The van der Waals surface area contributed by atoms with E-state index < -0.39 is 11.6 Å². The van der Waals surface area contributed by atoms with E-state index in [4.69, 9.17) is 11.6 Å². The molecule has 1 heterocycles. The van der Waals surface area contributed by atoms with Crippen LogP contribution in [0.15, 0.2) is 24.3 Å². The van der Waals surface area contributed by atoms with E-state index in [9.17, 15) is 9.59 Å². The lowest BCUT2D eigenvalue weighted by atomic mass is 9.89. The number of anilines is 1. The number of benzene rings is 1. The molecule has 2 amide bonds. The molecule has 1 N–H and O–H groups in total. The molecule has 0 radical (unpaired) electrons. The van der Waals surface area contributed by atoms with Crippen LogP contribution in [0.5, 0.6) is 0 Å². The second-order valence-electron chi connectivity index (χ2n) is 5.80. The maximum atomic E-state index is 12.9. The molecule has 2 aliphatic rings. The van der Waals surface area contributed by atoms with Crippen LogP contribution < -0.4 is 10.2 Å². The molecule has 0 spiro atoms. The summed E-state index contributed by atoms with van der Waals surface area (Å²) < 4.78 is 0. The molecule has 2 unspecified atom stereocenters. The summed E-state index contributed by atoms with van der Waals surface area (Å²) in [6.07, 6.45) is 1.97. The van der Waals surface area contributed by atoms with E-state index in [2.05, 4.69) is 5.32 Å². The second-order valence-corrected chi connectivity index (χ2v) is 6.23. The Hall–Kier alpha value is -1.55. The van der Waals surface area contributed by atoms with Crippen LogP contribution in [-0.4, -0.2) is 23.4 Å². The molecule has 0 bridgehead atoms. The fourth-order valence-electron chi connectivity index (χ4n) is 2.86. The van der Waals surface area contributed by atoms with Crippen molar-refractivity contribution in [1.29, 1.82) is 0 Å². The molecule has 2 atom stereocenters. The molecule has 1 aromatic carbocycles. The largest absolute Gasteiger partial charge is 0.340 e. The number of carbonyl (C=O) groups is 2. The van der Waals surface area contributed by atoms with Crippen molar-refractivity contribution in [3.63, 3.8) is 0 Å². The standard InChI is InChI=1S/C15H17ClN2O2/c1-9-13(19)17-15(2,10-6-7-10)14(20)18(9)12-5-3-4-11(16)8-12/h3-5,8-10H,6-7H2,1-2H3,(H,17,19). The lowest BCUT2D eigenvalue weighted by Crippen LogP contribution is -2.69. The Labute approximate surface area is 123 Å². The monoisotopic (exact) mass is 292 g/mol. The molecule has 4 nitrogen and oxygen atoms in total. The highest BCUT2D eigenvalue weighted by atomic mass is 35.5. The predicted octanol–water partition coefficient (Wildman–Crippen LogP) is 2.36. The van der Waals surface area contributed by atoms with Gasteiger partial charge in [-0.1, -0.05) is 17.7 Å². The van der Waals surface area contributed by atoms with Crippen LogP contribution in [0.1, 0.15) is 26.7 Å². The van der Waals surface area contributed by atoms with Crippen molar-refractivity contribution in [2.45, 2.75) is 38.3 Å². The Morgan fingerprint density at radius 1 is 1.35 bits per heavy atom. The molecule has 5 heteroatoms. The van der Waals surface area contributed by atoms with Crippen LogP contribution in [0, 0.1) is 5.92 Å². The third kappa shape index (κ3) is 1.99. The number of nitrogens with one attached hydrogen (secondary N) is 1. The Balaban J connectivity index is 2.02. The first-order chi connectivity index (χ1) is 9.43. The van der Waals surface area contributed by atoms with Gasteiger partial charge in [0.2, 0.25) is 5.91 Å². The molecule has 1 aromatic rings. The highest BCUT2D eigenvalue weighted by Gasteiger charge is 2.54. The number of rotatable bonds is 2. The van der Waals surface area contributed by atoms with Crippen LogP contribution in [0.4, 0.5) is 5.69 Å². The zero-order chi connectivity index (χ0) is 14.5. The van der Waals surface area contributed by atoms with Gasteiger partial charge >= 0.3 is 0 Å². The highest BCUT2D eigenvalue weighted by Crippen LogP contribution is 2.43. The minimum Gasteiger partial charge on any atom is -0.340 e. The molecule has 20 heavy (non-hydrogen) atoms. The number of piperazine rings is 1. The zero-order valence-corrected chi connectivity index (χ0v) is 12.3. The molecule has 2 fully saturated rings. The minimum absolute atomic E-state index is 0.0469. The summed E-state index contributed by atoms with van der Waals surface area (Å²) in [5.41, 5.74) is -0.108. The van der Waals surface area contributed by atoms with Gasteiger partial charge in [-0.05, 0) is 50.8 Å². The maximum absolute atomic E-state index is 12.9. The molecule has 0 aromatic heterocycles. The van der Waals surface area contributed by atoms with Gasteiger partial charge in [0.1, 0.15) is 11.6 Å². The smallest absolute Gasteiger partial charge is 0.253 e. The normalized spacial score (nSPS) is 30.4. The summed E-state index contributed by atoms with van der Waals surface area (Å²) >= 11 is 6.00. The van der Waals surface area contributed by atoms with Gasteiger partial charge in [-0.3, -0.25) is 14.5 Å². The Morgan fingerprint density at radius 2 is 2.05 bits per heavy atom. The number of amides is 2. The summed E-state index contributed by atoms with van der Waals surface area (Å²) in [4.78, 5) is 26.7. The maximum Gasteiger partial charge on any atom is 0.253 e. The molecule has 3 rings (SSSR count). The van der Waals surface area contributed by atoms with E-state index in [1.807, 2.05) is 13.0 Å². The third-order valence-corrected chi connectivity index (χ3v) is 4.53. The average Bonchev–Trinajstić information content (AvgIpc) is 3.21. The van der Waals surface area contributed by atoms with Gasteiger partial charge in [0.15, 0.2) is 0 Å². The lowest BCUT2D eigenvalue weighted by molar-refractivity contribution is -0.138. The van der Waals surface area contributed by atoms with Gasteiger partial charge in [-0.25, -0.2) is 0 Å². The van der Waals surface area contributed by atoms with Crippen LogP contribution >= 0.6 is 11.6 Å². The molecule has 1 aliphatic heterocycles. The first-order valence-electron chi connectivity index (χ1n) is 6.85. The molecule has 106 valence electrons. The molecule has 1 saturated heterocycles. The van der Waals surface area contributed by atoms with E-state index in [0.29, 0.717) is 10.7 Å². The number of carbonyl (C=O) groups excluding carboxylic acids is 2. The SMILES string of the molecule is CC1C(=O)NC(C)(C2CC2)C(=O)N1c1cccc(Cl)c1. The van der Waals surface area contributed by atoms with E-state index >= 15 is 0 Å². The summed E-state index contributed by atoms with van der Waals surface area (Å²) in [5, 5.41) is 3.46. The fraction of sp³-hybridized carbons (Fsp3) is 0.467. The van der Waals surface area contributed by atoms with Crippen LogP contribution in [0.25, 0.3) is 0 Å². The molecular formula is C15H17ClN2O2. The Morgan fingerprint density at radius 3 is 2.65 bits per heavy atom. The summed E-state index contributed by atoms with van der Waals surface area (Å²) in [6, 6.07) is 6.56. The summed E-state index contributed by atoms with van der Waals surface area (Å²) in [7, 11) is 0. The number of hydrogen-bond acceptors (Lipinski definition) is 2. The van der Waals surface area contributed by atoms with E-state index in [0.717, 1.165) is 12.8 Å². The van der Waals surface area contributed by atoms with Gasteiger partial charge in [-0.15, -0.1) is 0 Å². The van der Waals surface area contributed by atoms with Gasteiger partial charge in [-0.2, -0.15) is 0 Å². The quantitative estimate of drug-likeness (QED) is 0.910. The number of halogens is 1. The second kappa shape index (κ2) is 4.48. The molecular weight excluding hydrogens is 276 g/mol. The van der Waals surface area contributed by atoms with Crippen molar-refractivity contribution in [3.8, 4) is 0 Å². The number of nitrogens with zero attached hydrogens (tertiary/aromatic N) is 1. The molecule has 1 saturated carbocycles. The minimum atomic E-state index is -0.786. The van der Waals surface area contributed by atoms with Gasteiger partial charge in [0.05, 0.1) is 0 Å². The first-order valence-corrected chi connectivity index (χ1v) is 7.22. The zero-order valence-electron chi connectivity index (χ0n) is 11.5. The lowest BCUT2D eigenvalue weighted by Gasteiger charge is -2.43. The van der Waals surface area contributed by atoms with Crippen molar-refractivity contribution in [3.05, 3.63) is 29.3 Å². The van der Waals surface area contributed by atoms with Crippen molar-refractivity contribution in [1.82, 2.24) is 5.32 Å². The van der Waals surface area contributed by atoms with Crippen molar-refractivity contribution < 1.29 is 9.59 Å². The van der Waals surface area contributed by atoms with Crippen LogP contribution in [0.2, 0.25) is 5.02 Å². The van der Waals surface area contributed by atoms with E-state index in [1.54, 1.807) is 30.0 Å².